The van der Waals surface area contributed by atoms with Crippen molar-refractivity contribution in [2.75, 3.05) is 19.1 Å². The maximum atomic E-state index is 11.5. The third kappa shape index (κ3) is 2.20. The van der Waals surface area contributed by atoms with Gasteiger partial charge in [0.05, 0.1) is 10.7 Å². The van der Waals surface area contributed by atoms with Crippen LogP contribution in [-0.2, 0) is 4.08 Å². The summed E-state index contributed by atoms with van der Waals surface area (Å²) < 4.78 is 5.71. The highest BCUT2D eigenvalue weighted by atomic mass is 32.2. The molecular weight excluding hydrogens is 252 g/mol. The van der Waals surface area contributed by atoms with Crippen molar-refractivity contribution in [2.24, 2.45) is 0 Å². The molecule has 17 heavy (non-hydrogen) atoms. The lowest BCUT2D eigenvalue weighted by Crippen LogP contribution is -2.26. The Labute approximate surface area is 111 Å². The van der Waals surface area contributed by atoms with E-state index >= 15 is 0 Å². The Morgan fingerprint density at radius 2 is 2.06 bits per heavy atom. The zero-order valence-electron chi connectivity index (χ0n) is 10.3. The average Bonchev–Trinajstić information content (AvgIpc) is 2.37. The molecule has 1 aliphatic heterocycles. The van der Waals surface area contributed by atoms with E-state index in [9.17, 15) is 4.79 Å². The fraction of sp³-hybridized carbons (Fsp3) is 0.462. The number of thioether (sulfide) groups is 2. The molecule has 0 saturated heterocycles. The molecule has 0 aromatic heterocycles. The molecule has 0 fully saturated rings. The van der Waals surface area contributed by atoms with E-state index < -0.39 is 0 Å². The van der Waals surface area contributed by atoms with E-state index in [2.05, 4.69) is 12.5 Å². The summed E-state index contributed by atoms with van der Waals surface area (Å²) in [6.45, 7) is 2.35. The van der Waals surface area contributed by atoms with Crippen molar-refractivity contribution in [1.29, 1.82) is 0 Å². The van der Waals surface area contributed by atoms with Gasteiger partial charge in [-0.25, -0.2) is 0 Å². The fourth-order valence-corrected chi connectivity index (χ4v) is 4.11. The first-order valence-electron chi connectivity index (χ1n) is 5.51. The smallest absolute Gasteiger partial charge is 0.159 e. The van der Waals surface area contributed by atoms with E-state index in [-0.39, 0.29) is 9.86 Å². The summed E-state index contributed by atoms with van der Waals surface area (Å²) in [5, 5.41) is 0. The summed E-state index contributed by atoms with van der Waals surface area (Å²) in [5.74, 6) is 1.03. The first kappa shape index (κ1) is 12.8. The highest BCUT2D eigenvalue weighted by Gasteiger charge is 2.36. The second-order valence-corrected chi connectivity index (χ2v) is 6.50. The number of carbonyl (C=O) groups is 1. The standard InChI is InChI=1S/C13H16O2S2/c1-9(14)10-4-5-12-11(8-10)13(16-2,17-3)6-7-15-12/h4-5,8H,6-7H2,1-3H3. The summed E-state index contributed by atoms with van der Waals surface area (Å²) in [6.07, 6.45) is 5.21. The van der Waals surface area contributed by atoms with Gasteiger partial charge in [0, 0.05) is 17.5 Å². The number of benzene rings is 1. The number of ketones is 1. The highest BCUT2D eigenvalue weighted by molar-refractivity contribution is 8.16. The van der Waals surface area contributed by atoms with Crippen LogP contribution in [0.4, 0.5) is 0 Å². The number of Topliss-reactive ketones (excluding diaryl/α,β-unsaturated/α-hetero) is 1. The summed E-state index contributed by atoms with van der Waals surface area (Å²) in [5.41, 5.74) is 1.91. The third-order valence-electron chi connectivity index (χ3n) is 3.14. The number of hydrogen-bond acceptors (Lipinski definition) is 4. The Morgan fingerprint density at radius 1 is 1.35 bits per heavy atom. The van der Waals surface area contributed by atoms with E-state index in [1.807, 2.05) is 41.7 Å². The van der Waals surface area contributed by atoms with Crippen molar-refractivity contribution in [2.45, 2.75) is 17.4 Å². The van der Waals surface area contributed by atoms with Gasteiger partial charge in [0.1, 0.15) is 5.75 Å². The molecule has 0 bridgehead atoms. The molecule has 0 saturated carbocycles. The molecule has 1 aromatic rings. The van der Waals surface area contributed by atoms with Crippen molar-refractivity contribution in [1.82, 2.24) is 0 Å². The zero-order chi connectivity index (χ0) is 12.5. The van der Waals surface area contributed by atoms with E-state index in [1.54, 1.807) is 6.92 Å². The van der Waals surface area contributed by atoms with Crippen molar-refractivity contribution in [3.05, 3.63) is 29.3 Å². The Bertz CT molecular complexity index is 439. The van der Waals surface area contributed by atoms with Gasteiger partial charge in [-0.05, 0) is 37.6 Å². The normalized spacial score (nSPS) is 17.1. The topological polar surface area (TPSA) is 26.3 Å². The Morgan fingerprint density at radius 3 is 2.65 bits per heavy atom. The van der Waals surface area contributed by atoms with Crippen LogP contribution in [0.15, 0.2) is 18.2 Å². The van der Waals surface area contributed by atoms with Gasteiger partial charge in [-0.1, -0.05) is 0 Å². The molecule has 0 radical (unpaired) electrons. The van der Waals surface area contributed by atoms with Crippen LogP contribution < -0.4 is 4.74 Å². The Balaban J connectivity index is 2.55. The maximum Gasteiger partial charge on any atom is 0.159 e. The van der Waals surface area contributed by atoms with Crippen LogP contribution in [0, 0.1) is 0 Å². The molecule has 0 unspecified atom stereocenters. The largest absolute Gasteiger partial charge is 0.493 e. The van der Waals surface area contributed by atoms with Gasteiger partial charge in [-0.2, -0.15) is 0 Å². The highest BCUT2D eigenvalue weighted by Crippen LogP contribution is 2.52. The monoisotopic (exact) mass is 268 g/mol. The minimum Gasteiger partial charge on any atom is -0.493 e. The van der Waals surface area contributed by atoms with E-state index in [0.717, 1.165) is 29.9 Å². The van der Waals surface area contributed by atoms with E-state index in [1.165, 1.54) is 0 Å². The predicted octanol–water partition coefficient (Wildman–Crippen LogP) is 3.55. The van der Waals surface area contributed by atoms with Crippen molar-refractivity contribution in [3.63, 3.8) is 0 Å². The molecule has 0 aliphatic carbocycles. The first-order chi connectivity index (χ1) is 8.13. The van der Waals surface area contributed by atoms with Crippen LogP contribution in [-0.4, -0.2) is 24.9 Å². The third-order valence-corrected chi connectivity index (χ3v) is 6.31. The SMILES string of the molecule is CSC1(SC)CCOc2ccc(C(C)=O)cc21. The second-order valence-electron chi connectivity index (χ2n) is 4.03. The van der Waals surface area contributed by atoms with Crippen molar-refractivity contribution < 1.29 is 9.53 Å². The molecule has 0 atom stereocenters. The molecule has 2 rings (SSSR count). The number of rotatable bonds is 3. The van der Waals surface area contributed by atoms with Gasteiger partial charge in [-0.15, -0.1) is 23.5 Å². The summed E-state index contributed by atoms with van der Waals surface area (Å²) in [6, 6.07) is 5.76. The van der Waals surface area contributed by atoms with Crippen LogP contribution >= 0.6 is 23.5 Å². The second kappa shape index (κ2) is 4.94. The van der Waals surface area contributed by atoms with Gasteiger partial charge in [0.15, 0.2) is 5.78 Å². The van der Waals surface area contributed by atoms with Gasteiger partial charge < -0.3 is 4.74 Å². The molecule has 2 nitrogen and oxygen atoms in total. The summed E-state index contributed by atoms with van der Waals surface area (Å²) in [7, 11) is 0. The Kier molecular flexibility index (Phi) is 3.73. The van der Waals surface area contributed by atoms with Crippen LogP contribution in [0.25, 0.3) is 0 Å². The molecule has 1 aromatic carbocycles. The van der Waals surface area contributed by atoms with E-state index in [4.69, 9.17) is 4.74 Å². The lowest BCUT2D eigenvalue weighted by atomic mass is 10.0. The van der Waals surface area contributed by atoms with Crippen LogP contribution in [0.1, 0.15) is 29.3 Å². The molecular formula is C13H16O2S2. The van der Waals surface area contributed by atoms with Gasteiger partial charge in [0.2, 0.25) is 0 Å². The number of ether oxygens (including phenoxy) is 1. The fourth-order valence-electron chi connectivity index (χ4n) is 2.11. The van der Waals surface area contributed by atoms with E-state index in [0.29, 0.717) is 0 Å². The molecule has 92 valence electrons. The molecule has 1 aliphatic rings. The lowest BCUT2D eigenvalue weighted by molar-refractivity contribution is 0.101. The average molecular weight is 268 g/mol. The van der Waals surface area contributed by atoms with Gasteiger partial charge >= 0.3 is 0 Å². The van der Waals surface area contributed by atoms with Crippen LogP contribution in [0.2, 0.25) is 0 Å². The Hall–Kier alpha value is -0.610. The predicted molar refractivity (Wildman–Crippen MR) is 75.3 cm³/mol. The lowest BCUT2D eigenvalue weighted by Gasteiger charge is -2.36. The summed E-state index contributed by atoms with van der Waals surface area (Å²) in [4.78, 5) is 11.5. The maximum absolute atomic E-state index is 11.5. The molecule has 0 spiro atoms. The number of hydrogen-bond donors (Lipinski definition) is 0. The van der Waals surface area contributed by atoms with Crippen LogP contribution in [0.5, 0.6) is 5.75 Å². The molecule has 0 N–H and O–H groups in total. The van der Waals surface area contributed by atoms with Gasteiger partial charge in [-0.3, -0.25) is 4.79 Å². The van der Waals surface area contributed by atoms with Crippen LogP contribution in [0.3, 0.4) is 0 Å². The van der Waals surface area contributed by atoms with Crippen molar-refractivity contribution in [3.8, 4) is 5.75 Å². The van der Waals surface area contributed by atoms with Gasteiger partial charge in [0.25, 0.3) is 0 Å². The first-order valence-corrected chi connectivity index (χ1v) is 7.96. The molecule has 0 amide bonds. The zero-order valence-corrected chi connectivity index (χ0v) is 11.9. The minimum absolute atomic E-state index is 0.0268. The van der Waals surface area contributed by atoms with Crippen molar-refractivity contribution >= 4 is 29.3 Å². The molecule has 1 heterocycles. The quantitative estimate of drug-likeness (QED) is 0.618. The number of fused-ring (bicyclic) bond motifs is 1. The molecule has 4 heteroatoms. The summed E-state index contributed by atoms with van der Waals surface area (Å²) >= 11 is 3.66. The number of carbonyl (C=O) groups excluding carboxylic acids is 1. The minimum atomic E-state index is 0.0268.